The molecule has 4 heterocycles. The molecule has 0 saturated carbocycles. The number of rotatable bonds is 8. The molecule has 2 aromatic heterocycles. The summed E-state index contributed by atoms with van der Waals surface area (Å²) in [5.41, 5.74) is -0.0940. The number of amides is 1. The fourth-order valence-electron chi connectivity index (χ4n) is 5.82. The van der Waals surface area contributed by atoms with Gasteiger partial charge in [0.05, 0.1) is 36.7 Å². The van der Waals surface area contributed by atoms with Crippen LogP contribution in [0, 0.1) is 11.3 Å². The van der Waals surface area contributed by atoms with Gasteiger partial charge in [-0.2, -0.15) is 13.2 Å². The van der Waals surface area contributed by atoms with Crippen LogP contribution in [0.2, 0.25) is 0 Å². The predicted octanol–water partition coefficient (Wildman–Crippen LogP) is 6.65. The molecule has 1 aromatic carbocycles. The van der Waals surface area contributed by atoms with Gasteiger partial charge in [-0.25, -0.2) is 15.0 Å². The maximum atomic E-state index is 13.8. The van der Waals surface area contributed by atoms with Gasteiger partial charge in [0.1, 0.15) is 17.3 Å². The lowest BCUT2D eigenvalue weighted by atomic mass is 9.84. The highest BCUT2D eigenvalue weighted by atomic mass is 35.5. The van der Waals surface area contributed by atoms with Gasteiger partial charge in [0.15, 0.2) is 5.13 Å². The summed E-state index contributed by atoms with van der Waals surface area (Å²) < 4.78 is 46.5. The van der Waals surface area contributed by atoms with Gasteiger partial charge in [-0.3, -0.25) is 19.8 Å². The molecule has 0 bridgehead atoms. The van der Waals surface area contributed by atoms with E-state index in [9.17, 15) is 27.9 Å². The van der Waals surface area contributed by atoms with Crippen LogP contribution in [0.3, 0.4) is 0 Å². The van der Waals surface area contributed by atoms with Crippen molar-refractivity contribution in [3.05, 3.63) is 46.7 Å². The van der Waals surface area contributed by atoms with Crippen molar-refractivity contribution in [1.82, 2.24) is 19.9 Å². The van der Waals surface area contributed by atoms with Gasteiger partial charge < -0.3 is 14.7 Å². The number of carbonyl (C=O) groups excluding carboxylic acids is 1. The smallest absolute Gasteiger partial charge is 0.419 e. The van der Waals surface area contributed by atoms with E-state index in [0.717, 1.165) is 36.9 Å². The number of anilines is 2. The monoisotopic (exact) mass is 704 g/mol. The van der Waals surface area contributed by atoms with E-state index in [4.69, 9.17) is 4.74 Å². The summed E-state index contributed by atoms with van der Waals surface area (Å²) in [5.74, 6) is -1.46. The first kappa shape index (κ1) is 37.3. The lowest BCUT2D eigenvalue weighted by Gasteiger charge is -2.37. The zero-order valence-corrected chi connectivity index (χ0v) is 28.0. The Balaban J connectivity index is 0.00000288. The van der Waals surface area contributed by atoms with E-state index in [1.54, 1.807) is 6.07 Å². The number of carboxylic acids is 1. The molecule has 16 heteroatoms. The van der Waals surface area contributed by atoms with Crippen molar-refractivity contribution in [1.29, 1.82) is 0 Å². The second-order valence-electron chi connectivity index (χ2n) is 12.0. The summed E-state index contributed by atoms with van der Waals surface area (Å²) in [7, 11) is 1.20. The van der Waals surface area contributed by atoms with Crippen LogP contribution >= 0.6 is 36.2 Å². The Morgan fingerprint density at radius 1 is 1.13 bits per heavy atom. The van der Waals surface area contributed by atoms with E-state index >= 15 is 0 Å². The second-order valence-corrected chi connectivity index (χ2v) is 13.1. The molecule has 2 fully saturated rings. The highest BCUT2D eigenvalue weighted by Crippen LogP contribution is 2.41. The number of benzene rings is 1. The van der Waals surface area contributed by atoms with Crippen molar-refractivity contribution in [2.24, 2.45) is 11.3 Å². The number of carboxylic acid groups (broad SMARTS) is 1. The first-order valence-corrected chi connectivity index (χ1v) is 15.2. The zero-order chi connectivity index (χ0) is 31.6. The van der Waals surface area contributed by atoms with Crippen molar-refractivity contribution in [3.8, 4) is 17.0 Å². The van der Waals surface area contributed by atoms with Gasteiger partial charge in [-0.1, -0.05) is 25.2 Å². The third kappa shape index (κ3) is 8.78. The summed E-state index contributed by atoms with van der Waals surface area (Å²) in [4.78, 5) is 42.5. The number of nitrogens with one attached hydrogen (secondary N) is 1. The Hall–Kier alpha value is -3.20. The molecule has 0 unspecified atom stereocenters. The van der Waals surface area contributed by atoms with Crippen LogP contribution in [-0.4, -0.2) is 70.1 Å². The SMILES string of the molecule is COc1ccc(-c2nc(NC(=O)c3cnc(N4CCC(C(=O)O)CC4)cn3)sc2CN2CCCC(C)(C)C2)cc1C(F)(F)F.Cl.Cl. The number of thiazole rings is 1. The maximum Gasteiger partial charge on any atom is 0.419 e. The van der Waals surface area contributed by atoms with Crippen molar-refractivity contribution >= 4 is 59.0 Å². The lowest BCUT2D eigenvalue weighted by molar-refractivity contribution is -0.142. The van der Waals surface area contributed by atoms with Crippen LogP contribution in [0.4, 0.5) is 24.1 Å². The number of alkyl halides is 3. The molecular formula is C30H37Cl2F3N6O4S. The van der Waals surface area contributed by atoms with Crippen molar-refractivity contribution in [3.63, 3.8) is 0 Å². The van der Waals surface area contributed by atoms with Crippen LogP contribution < -0.4 is 15.0 Å². The molecule has 2 aliphatic heterocycles. The second kappa shape index (κ2) is 15.1. The summed E-state index contributed by atoms with van der Waals surface area (Å²) in [5, 5.41) is 12.2. The maximum absolute atomic E-state index is 13.8. The van der Waals surface area contributed by atoms with Crippen LogP contribution in [0.5, 0.6) is 5.75 Å². The zero-order valence-electron chi connectivity index (χ0n) is 25.6. The van der Waals surface area contributed by atoms with E-state index < -0.39 is 23.6 Å². The van der Waals surface area contributed by atoms with Crippen molar-refractivity contribution in [2.45, 2.75) is 52.3 Å². The molecule has 0 aliphatic carbocycles. The minimum atomic E-state index is -4.62. The van der Waals surface area contributed by atoms with Crippen molar-refractivity contribution < 1.29 is 32.6 Å². The average molecular weight is 706 g/mol. The number of aliphatic carboxylic acids is 1. The molecule has 0 atom stereocenters. The van der Waals surface area contributed by atoms with Crippen LogP contribution in [0.15, 0.2) is 30.6 Å². The average Bonchev–Trinajstić information content (AvgIpc) is 3.37. The topological polar surface area (TPSA) is 121 Å². The van der Waals surface area contributed by atoms with E-state index in [1.165, 1.54) is 36.9 Å². The number of aromatic nitrogens is 3. The number of methoxy groups -OCH3 is 1. The van der Waals surface area contributed by atoms with E-state index in [2.05, 4.69) is 39.0 Å². The van der Waals surface area contributed by atoms with Crippen molar-refractivity contribution in [2.75, 3.05) is 43.5 Å². The number of nitrogens with zero attached hydrogens (tertiary/aromatic N) is 5. The minimum absolute atomic E-state index is 0. The summed E-state index contributed by atoms with van der Waals surface area (Å²) in [6.45, 7) is 7.61. The molecule has 252 valence electrons. The van der Waals surface area contributed by atoms with Gasteiger partial charge in [-0.05, 0) is 55.8 Å². The first-order chi connectivity index (χ1) is 20.8. The Labute approximate surface area is 281 Å². The molecule has 0 radical (unpaired) electrons. The number of hydrogen-bond donors (Lipinski definition) is 2. The van der Waals surface area contributed by atoms with Crippen LogP contribution in [0.1, 0.15) is 60.5 Å². The third-order valence-electron chi connectivity index (χ3n) is 8.08. The van der Waals surface area contributed by atoms with Gasteiger partial charge >= 0.3 is 12.1 Å². The van der Waals surface area contributed by atoms with Gasteiger partial charge in [0.2, 0.25) is 0 Å². The van der Waals surface area contributed by atoms with Crippen LogP contribution in [0.25, 0.3) is 11.3 Å². The number of halogens is 5. The lowest BCUT2D eigenvalue weighted by Crippen LogP contribution is -2.39. The largest absolute Gasteiger partial charge is 0.496 e. The highest BCUT2D eigenvalue weighted by molar-refractivity contribution is 7.16. The van der Waals surface area contributed by atoms with Crippen LogP contribution in [-0.2, 0) is 17.5 Å². The first-order valence-electron chi connectivity index (χ1n) is 14.4. The molecule has 2 aliphatic rings. The Kier molecular flexibility index (Phi) is 12.3. The molecule has 1 amide bonds. The highest BCUT2D eigenvalue weighted by Gasteiger charge is 2.35. The molecule has 2 N–H and O–H groups in total. The Morgan fingerprint density at radius 3 is 2.43 bits per heavy atom. The standard InChI is InChI=1S/C30H35F3N6O4S.2ClH/c1-29(2)9-4-10-38(17-29)16-23-25(19-5-6-22(43-3)20(13-19)30(31,32)33)36-28(44-23)37-26(40)21-14-35-24(15-34-21)39-11-7-18(8-12-39)27(41)42;;/h5-6,13-15,18H,4,7-12,16-17H2,1-3H3,(H,41,42)(H,36,37,40);2*1H. The van der Waals surface area contributed by atoms with Gasteiger partial charge in [-0.15, -0.1) is 24.8 Å². The molecular weight excluding hydrogens is 668 g/mol. The fourth-order valence-corrected chi connectivity index (χ4v) is 6.84. The summed E-state index contributed by atoms with van der Waals surface area (Å²) >= 11 is 1.22. The molecule has 0 spiro atoms. The summed E-state index contributed by atoms with van der Waals surface area (Å²) in [6.07, 6.45) is 1.30. The molecule has 10 nitrogen and oxygen atoms in total. The van der Waals surface area contributed by atoms with Gasteiger partial charge in [0.25, 0.3) is 5.91 Å². The molecule has 3 aromatic rings. The quantitative estimate of drug-likeness (QED) is 0.266. The normalized spacial score (nSPS) is 17.0. The van der Waals surface area contributed by atoms with Gasteiger partial charge in [0, 0.05) is 36.6 Å². The Bertz CT molecular complexity index is 1520. The Morgan fingerprint density at radius 2 is 1.85 bits per heavy atom. The number of piperidine rings is 2. The molecule has 2 saturated heterocycles. The van der Waals surface area contributed by atoms with E-state index in [0.29, 0.717) is 44.0 Å². The minimum Gasteiger partial charge on any atom is -0.496 e. The summed E-state index contributed by atoms with van der Waals surface area (Å²) in [6, 6.07) is 3.86. The van der Waals surface area contributed by atoms with E-state index in [1.807, 2.05) is 4.90 Å². The number of carbonyl (C=O) groups is 2. The molecule has 46 heavy (non-hydrogen) atoms. The fraction of sp³-hybridized carbons (Fsp3) is 0.500. The molecule has 5 rings (SSSR count). The number of hydrogen-bond acceptors (Lipinski definition) is 9. The third-order valence-corrected chi connectivity index (χ3v) is 9.04. The van der Waals surface area contributed by atoms with E-state index in [-0.39, 0.29) is 58.3 Å². The number of ether oxygens (including phenoxy) is 1. The number of likely N-dealkylation sites (tertiary alicyclic amines) is 1. The predicted molar refractivity (Wildman–Crippen MR) is 174 cm³/mol.